The molecule has 0 aliphatic carbocycles. The second-order valence-electron chi connectivity index (χ2n) is 6.67. The van der Waals surface area contributed by atoms with Crippen molar-refractivity contribution in [2.45, 2.75) is 36.2 Å². The molecule has 0 spiro atoms. The Kier molecular flexibility index (Phi) is 11.5. The summed E-state index contributed by atoms with van der Waals surface area (Å²) >= 11 is 3.72. The highest BCUT2D eigenvalue weighted by Gasteiger charge is 2.07. The Morgan fingerprint density at radius 2 is 1.12 bits per heavy atom. The van der Waals surface area contributed by atoms with Crippen molar-refractivity contribution < 1.29 is 0 Å². The molecule has 0 radical (unpaired) electrons. The lowest BCUT2D eigenvalue weighted by atomic mass is 10.0. The molecule has 0 amide bonds. The van der Waals surface area contributed by atoms with Crippen LogP contribution in [0.5, 0.6) is 0 Å². The Balaban J connectivity index is 2.47. The van der Waals surface area contributed by atoms with E-state index < -0.39 is 0 Å². The van der Waals surface area contributed by atoms with Crippen LogP contribution in [0.2, 0.25) is 0 Å². The van der Waals surface area contributed by atoms with Crippen molar-refractivity contribution in [2.75, 3.05) is 40.7 Å². The van der Waals surface area contributed by atoms with Gasteiger partial charge < -0.3 is 10.0 Å². The molecule has 0 aromatic heterocycles. The number of thioether (sulfide) groups is 2. The van der Waals surface area contributed by atoms with Crippen LogP contribution >= 0.6 is 23.5 Å². The van der Waals surface area contributed by atoms with Crippen molar-refractivity contribution in [3.05, 3.63) is 35.4 Å². The van der Waals surface area contributed by atoms with Crippen LogP contribution in [0.3, 0.4) is 0 Å². The lowest BCUT2D eigenvalue weighted by Gasteiger charge is -2.12. The van der Waals surface area contributed by atoms with Crippen molar-refractivity contribution in [2.24, 2.45) is 10.2 Å². The van der Waals surface area contributed by atoms with Crippen molar-refractivity contribution in [1.82, 2.24) is 10.0 Å². The summed E-state index contributed by atoms with van der Waals surface area (Å²) in [6, 6.07) is 9.10. The van der Waals surface area contributed by atoms with Crippen molar-refractivity contribution in [3.63, 3.8) is 0 Å². The second-order valence-corrected chi connectivity index (χ2v) is 8.82. The summed E-state index contributed by atoms with van der Waals surface area (Å²) < 4.78 is 0. The van der Waals surface area contributed by atoms with Gasteiger partial charge in [0, 0.05) is 51.1 Å². The molecule has 1 aromatic carbocycles. The predicted molar refractivity (Wildman–Crippen MR) is 122 cm³/mol. The van der Waals surface area contributed by atoms with Crippen molar-refractivity contribution in [3.8, 4) is 0 Å². The van der Waals surface area contributed by atoms with Gasteiger partial charge in [-0.1, -0.05) is 24.3 Å². The van der Waals surface area contributed by atoms with Gasteiger partial charge in [-0.15, -0.1) is 0 Å². The molecule has 2 unspecified atom stereocenters. The zero-order chi connectivity index (χ0) is 19.4. The average Bonchev–Trinajstić information content (AvgIpc) is 2.62. The summed E-state index contributed by atoms with van der Waals surface area (Å²) in [7, 11) is 7.84. The van der Waals surface area contributed by atoms with Gasteiger partial charge in [0.25, 0.3) is 0 Å². The van der Waals surface area contributed by atoms with Crippen molar-refractivity contribution >= 4 is 36.0 Å². The predicted octanol–water partition coefficient (Wildman–Crippen LogP) is 4.11. The molecule has 0 aliphatic heterocycles. The van der Waals surface area contributed by atoms with Crippen LogP contribution in [0.1, 0.15) is 24.0 Å². The Labute approximate surface area is 168 Å². The molecular weight excluding hydrogens is 360 g/mol. The zero-order valence-corrected chi connectivity index (χ0v) is 18.7. The van der Waals surface area contributed by atoms with Gasteiger partial charge in [-0.05, 0) is 49.3 Å². The molecule has 0 heterocycles. The molecule has 0 aliphatic rings. The summed E-state index contributed by atoms with van der Waals surface area (Å²) in [6.45, 7) is 0. The molecule has 0 N–H and O–H groups in total. The summed E-state index contributed by atoms with van der Waals surface area (Å²) in [4.78, 5) is 0. The number of hydrogen-bond donors (Lipinski definition) is 0. The monoisotopic (exact) mass is 394 g/mol. The third kappa shape index (κ3) is 10.1. The van der Waals surface area contributed by atoms with Crippen LogP contribution in [0.15, 0.2) is 34.5 Å². The topological polar surface area (TPSA) is 31.2 Å². The highest BCUT2D eigenvalue weighted by molar-refractivity contribution is 8.00. The Morgan fingerprint density at radius 3 is 1.38 bits per heavy atom. The normalized spacial score (nSPS) is 14.1. The van der Waals surface area contributed by atoms with Gasteiger partial charge in [0.05, 0.1) is 0 Å². The van der Waals surface area contributed by atoms with Gasteiger partial charge in [0.15, 0.2) is 0 Å². The molecule has 0 saturated carbocycles. The van der Waals surface area contributed by atoms with E-state index >= 15 is 0 Å². The van der Waals surface area contributed by atoms with Crippen LogP contribution in [-0.4, -0.2) is 73.6 Å². The van der Waals surface area contributed by atoms with E-state index in [2.05, 4.69) is 59.4 Å². The van der Waals surface area contributed by atoms with Gasteiger partial charge >= 0.3 is 0 Å². The third-order valence-corrected chi connectivity index (χ3v) is 5.92. The summed E-state index contributed by atoms with van der Waals surface area (Å²) in [5.41, 5.74) is 2.81. The van der Waals surface area contributed by atoms with E-state index in [0.717, 1.165) is 25.7 Å². The fraction of sp³-hybridized carbons (Fsp3) is 0.600. The fourth-order valence-electron chi connectivity index (χ4n) is 2.41. The lowest BCUT2D eigenvalue weighted by Crippen LogP contribution is -2.10. The SMILES string of the molecule is CSC(/C=N/N(C)C)CCc1ccc(CCC(/C=N/N(C)C)SC)cc1. The van der Waals surface area contributed by atoms with Gasteiger partial charge in [-0.3, -0.25) is 0 Å². The molecule has 2 atom stereocenters. The van der Waals surface area contributed by atoms with Gasteiger partial charge in [-0.2, -0.15) is 33.7 Å². The molecule has 1 aromatic rings. The van der Waals surface area contributed by atoms with Gasteiger partial charge in [0.2, 0.25) is 0 Å². The Morgan fingerprint density at radius 1 is 0.769 bits per heavy atom. The van der Waals surface area contributed by atoms with Crippen molar-refractivity contribution in [1.29, 1.82) is 0 Å². The minimum absolute atomic E-state index is 0.468. The van der Waals surface area contributed by atoms with Crippen LogP contribution in [0.25, 0.3) is 0 Å². The number of nitrogens with zero attached hydrogens (tertiary/aromatic N) is 4. The average molecular weight is 395 g/mol. The Bertz CT molecular complexity index is 492. The van der Waals surface area contributed by atoms with E-state index in [9.17, 15) is 0 Å². The number of benzene rings is 1. The number of aryl methyl sites for hydroxylation is 2. The second kappa shape index (κ2) is 13.1. The van der Waals surface area contributed by atoms with E-state index in [1.807, 2.05) is 61.7 Å². The standard InChI is InChI=1S/C20H34N4S2/c1-23(2)21-15-19(25-5)13-11-17-7-9-18(10-8-17)12-14-20(26-6)16-22-24(3)4/h7-10,15-16,19-20H,11-14H2,1-6H3/b21-15+,22-16+. The minimum Gasteiger partial charge on any atom is -0.303 e. The highest BCUT2D eigenvalue weighted by Crippen LogP contribution is 2.17. The first-order chi connectivity index (χ1) is 12.4. The van der Waals surface area contributed by atoms with Gasteiger partial charge in [-0.25, -0.2) is 0 Å². The number of hydrogen-bond acceptors (Lipinski definition) is 6. The molecule has 1 rings (SSSR count). The molecule has 0 fully saturated rings. The summed E-state index contributed by atoms with van der Waals surface area (Å²) in [5, 5.41) is 13.4. The molecule has 4 nitrogen and oxygen atoms in total. The van der Waals surface area contributed by atoms with E-state index in [0.29, 0.717) is 10.5 Å². The first-order valence-corrected chi connectivity index (χ1v) is 11.6. The lowest BCUT2D eigenvalue weighted by molar-refractivity contribution is 0.439. The molecule has 0 bridgehead atoms. The quantitative estimate of drug-likeness (QED) is 0.394. The maximum Gasteiger partial charge on any atom is 0.0418 e. The van der Waals surface area contributed by atoms with E-state index in [4.69, 9.17) is 0 Å². The van der Waals surface area contributed by atoms with E-state index in [1.54, 1.807) is 0 Å². The smallest absolute Gasteiger partial charge is 0.0418 e. The minimum atomic E-state index is 0.468. The largest absolute Gasteiger partial charge is 0.303 e. The zero-order valence-electron chi connectivity index (χ0n) is 17.1. The number of rotatable bonds is 12. The first-order valence-electron chi connectivity index (χ1n) is 9.00. The third-order valence-electron chi connectivity index (χ3n) is 3.99. The molecule has 26 heavy (non-hydrogen) atoms. The maximum atomic E-state index is 4.37. The molecule has 146 valence electrons. The Hall–Kier alpha value is -1.14. The van der Waals surface area contributed by atoms with E-state index in [-0.39, 0.29) is 0 Å². The molecule has 0 saturated heterocycles. The summed E-state index contributed by atoms with van der Waals surface area (Å²) in [6.07, 6.45) is 12.8. The highest BCUT2D eigenvalue weighted by atomic mass is 32.2. The van der Waals surface area contributed by atoms with E-state index in [1.165, 1.54) is 11.1 Å². The van der Waals surface area contributed by atoms with Gasteiger partial charge in [0.1, 0.15) is 0 Å². The van der Waals surface area contributed by atoms with Crippen LogP contribution in [0, 0.1) is 0 Å². The van der Waals surface area contributed by atoms with Crippen LogP contribution < -0.4 is 0 Å². The maximum absolute atomic E-state index is 4.37. The fourth-order valence-corrected chi connectivity index (χ4v) is 3.47. The van der Waals surface area contributed by atoms with Crippen LogP contribution in [-0.2, 0) is 12.8 Å². The summed E-state index contributed by atoms with van der Waals surface area (Å²) in [5.74, 6) is 0. The van der Waals surface area contributed by atoms with Crippen LogP contribution in [0.4, 0.5) is 0 Å². The molecular formula is C20H34N4S2. The molecule has 6 heteroatoms. The number of hydrazone groups is 2. The first kappa shape index (κ1) is 22.9.